The Morgan fingerprint density at radius 3 is 2.17 bits per heavy atom. The van der Waals surface area contributed by atoms with Gasteiger partial charge in [-0.3, -0.25) is 14.9 Å². The number of amides is 2. The third kappa shape index (κ3) is 5.19. The van der Waals surface area contributed by atoms with Gasteiger partial charge in [0.25, 0.3) is 5.91 Å². The van der Waals surface area contributed by atoms with Crippen LogP contribution in [0.15, 0.2) is 66.7 Å². The summed E-state index contributed by atoms with van der Waals surface area (Å²) in [6, 6.07) is 20.8. The molecular weight excluding hydrogens is 444 g/mol. The van der Waals surface area contributed by atoms with E-state index in [-0.39, 0.29) is 24.9 Å². The van der Waals surface area contributed by atoms with E-state index in [2.05, 4.69) is 34.9 Å². The number of ether oxygens (including phenoxy) is 1. The minimum atomic E-state index is -0.973. The number of anilines is 1. The molecular formula is C28H28N2O5. The Morgan fingerprint density at radius 2 is 1.57 bits per heavy atom. The first-order valence-corrected chi connectivity index (χ1v) is 11.6. The van der Waals surface area contributed by atoms with E-state index in [0.29, 0.717) is 23.2 Å². The van der Waals surface area contributed by atoms with Gasteiger partial charge >= 0.3 is 12.1 Å². The highest BCUT2D eigenvalue weighted by Gasteiger charge is 2.29. The minimum Gasteiger partial charge on any atom is -0.481 e. The zero-order chi connectivity index (χ0) is 24.9. The number of rotatable bonds is 8. The maximum absolute atomic E-state index is 12.7. The average Bonchev–Trinajstić information content (AvgIpc) is 3.17. The van der Waals surface area contributed by atoms with Crippen LogP contribution in [-0.2, 0) is 9.53 Å². The first-order valence-electron chi connectivity index (χ1n) is 11.6. The summed E-state index contributed by atoms with van der Waals surface area (Å²) < 4.78 is 5.61. The maximum atomic E-state index is 12.7. The van der Waals surface area contributed by atoms with E-state index in [1.807, 2.05) is 31.2 Å². The monoisotopic (exact) mass is 472 g/mol. The van der Waals surface area contributed by atoms with Crippen molar-refractivity contribution in [2.45, 2.75) is 38.6 Å². The van der Waals surface area contributed by atoms with Crippen LogP contribution in [0.5, 0.6) is 0 Å². The smallest absolute Gasteiger partial charge is 0.411 e. The summed E-state index contributed by atoms with van der Waals surface area (Å²) in [5, 5.41) is 14.5. The molecule has 1 aliphatic carbocycles. The van der Waals surface area contributed by atoms with E-state index < -0.39 is 18.1 Å². The number of aliphatic carboxylic acids is 1. The molecule has 7 nitrogen and oxygen atoms in total. The fourth-order valence-electron chi connectivity index (χ4n) is 4.53. The fraction of sp³-hybridized carbons (Fsp3) is 0.250. The van der Waals surface area contributed by atoms with Gasteiger partial charge in [0.2, 0.25) is 0 Å². The maximum Gasteiger partial charge on any atom is 0.411 e. The van der Waals surface area contributed by atoms with Crippen LogP contribution in [0.4, 0.5) is 10.5 Å². The van der Waals surface area contributed by atoms with Crippen LogP contribution in [0, 0.1) is 6.92 Å². The Balaban J connectivity index is 1.43. The lowest BCUT2D eigenvalue weighted by molar-refractivity contribution is -0.137. The van der Waals surface area contributed by atoms with Crippen molar-refractivity contribution >= 4 is 23.7 Å². The lowest BCUT2D eigenvalue weighted by Crippen LogP contribution is -2.36. The molecule has 0 radical (unpaired) electrons. The molecule has 4 rings (SSSR count). The molecule has 7 heteroatoms. The Morgan fingerprint density at radius 1 is 0.943 bits per heavy atom. The van der Waals surface area contributed by atoms with Gasteiger partial charge in [-0.15, -0.1) is 0 Å². The quantitative estimate of drug-likeness (QED) is 0.411. The lowest BCUT2D eigenvalue weighted by Gasteiger charge is -2.18. The number of carbonyl (C=O) groups excluding carboxylic acids is 2. The SMILES string of the molecule is CC[C@H](CC(=O)O)NC(=O)c1cccc(NC(=O)OCC2c3ccccc3-c3ccccc32)c1C. The van der Waals surface area contributed by atoms with Gasteiger partial charge in [-0.25, -0.2) is 4.79 Å². The molecule has 1 aliphatic rings. The summed E-state index contributed by atoms with van der Waals surface area (Å²) >= 11 is 0. The molecule has 180 valence electrons. The summed E-state index contributed by atoms with van der Waals surface area (Å²) in [5.74, 6) is -1.40. The van der Waals surface area contributed by atoms with Gasteiger partial charge in [-0.2, -0.15) is 0 Å². The molecule has 0 spiro atoms. The highest BCUT2D eigenvalue weighted by molar-refractivity contribution is 5.98. The van der Waals surface area contributed by atoms with Crippen molar-refractivity contribution in [1.82, 2.24) is 5.32 Å². The van der Waals surface area contributed by atoms with Crippen molar-refractivity contribution in [3.8, 4) is 11.1 Å². The molecule has 2 amide bonds. The molecule has 1 atom stereocenters. The molecule has 0 aromatic heterocycles. The van der Waals surface area contributed by atoms with E-state index >= 15 is 0 Å². The zero-order valence-electron chi connectivity index (χ0n) is 19.7. The van der Waals surface area contributed by atoms with Gasteiger partial charge in [0.1, 0.15) is 6.61 Å². The summed E-state index contributed by atoms with van der Waals surface area (Å²) in [5.41, 5.74) is 5.96. The van der Waals surface area contributed by atoms with Crippen LogP contribution in [0.1, 0.15) is 52.7 Å². The number of carboxylic acid groups (broad SMARTS) is 1. The molecule has 0 unspecified atom stereocenters. The molecule has 0 saturated heterocycles. The van der Waals surface area contributed by atoms with Gasteiger partial charge in [0.05, 0.1) is 6.42 Å². The van der Waals surface area contributed by atoms with Crippen LogP contribution in [0.25, 0.3) is 11.1 Å². The van der Waals surface area contributed by atoms with Crippen LogP contribution < -0.4 is 10.6 Å². The highest BCUT2D eigenvalue weighted by atomic mass is 16.5. The zero-order valence-corrected chi connectivity index (χ0v) is 19.7. The largest absolute Gasteiger partial charge is 0.481 e. The van der Waals surface area contributed by atoms with Gasteiger partial charge in [0, 0.05) is 23.2 Å². The Kier molecular flexibility index (Phi) is 7.15. The van der Waals surface area contributed by atoms with E-state index in [1.165, 1.54) is 0 Å². The standard InChI is InChI=1S/C28H28N2O5/c1-3-18(15-26(31)32)29-27(33)19-13-8-14-25(17(19)2)30-28(34)35-16-24-22-11-6-4-9-20(22)21-10-5-7-12-23(21)24/h4-14,18,24H,3,15-16H2,1-2H3,(H,29,33)(H,30,34)(H,31,32)/t18-/m1/s1. The van der Waals surface area contributed by atoms with E-state index in [4.69, 9.17) is 9.84 Å². The van der Waals surface area contributed by atoms with Gasteiger partial charge in [-0.05, 0) is 53.3 Å². The molecule has 0 heterocycles. The second kappa shape index (κ2) is 10.4. The second-order valence-corrected chi connectivity index (χ2v) is 8.61. The average molecular weight is 473 g/mol. The molecule has 3 aromatic rings. The van der Waals surface area contributed by atoms with Crippen molar-refractivity contribution in [1.29, 1.82) is 0 Å². The third-order valence-electron chi connectivity index (χ3n) is 6.41. The number of hydrogen-bond acceptors (Lipinski definition) is 4. The molecule has 0 bridgehead atoms. The van der Waals surface area contributed by atoms with Crippen molar-refractivity contribution in [2.24, 2.45) is 0 Å². The molecule has 0 fully saturated rings. The minimum absolute atomic E-state index is 0.0495. The van der Waals surface area contributed by atoms with Crippen molar-refractivity contribution in [2.75, 3.05) is 11.9 Å². The Labute approximate surface area is 204 Å². The second-order valence-electron chi connectivity index (χ2n) is 8.61. The predicted molar refractivity (Wildman–Crippen MR) is 134 cm³/mol. The summed E-state index contributed by atoms with van der Waals surface area (Å²) in [7, 11) is 0. The number of hydrogen-bond donors (Lipinski definition) is 3. The predicted octanol–water partition coefficient (Wildman–Crippen LogP) is 5.34. The van der Waals surface area contributed by atoms with Crippen LogP contribution >= 0.6 is 0 Å². The van der Waals surface area contributed by atoms with E-state index in [1.54, 1.807) is 25.1 Å². The Bertz CT molecular complexity index is 1220. The number of carboxylic acids is 1. The fourth-order valence-corrected chi connectivity index (χ4v) is 4.53. The number of nitrogens with one attached hydrogen (secondary N) is 2. The first kappa shape index (κ1) is 24.0. The number of carbonyl (C=O) groups is 3. The molecule has 0 saturated carbocycles. The molecule has 35 heavy (non-hydrogen) atoms. The molecule has 3 N–H and O–H groups in total. The number of benzene rings is 3. The molecule has 0 aliphatic heterocycles. The highest BCUT2D eigenvalue weighted by Crippen LogP contribution is 2.44. The van der Waals surface area contributed by atoms with Gasteiger partial charge in [0.15, 0.2) is 0 Å². The van der Waals surface area contributed by atoms with E-state index in [0.717, 1.165) is 22.3 Å². The molecule has 3 aromatic carbocycles. The van der Waals surface area contributed by atoms with Crippen molar-refractivity contribution in [3.63, 3.8) is 0 Å². The lowest BCUT2D eigenvalue weighted by atomic mass is 9.98. The third-order valence-corrected chi connectivity index (χ3v) is 6.41. The van der Waals surface area contributed by atoms with Crippen LogP contribution in [-0.4, -0.2) is 35.7 Å². The summed E-state index contributed by atoms with van der Waals surface area (Å²) in [6.07, 6.45) is -0.266. The summed E-state index contributed by atoms with van der Waals surface area (Å²) in [4.78, 5) is 36.4. The van der Waals surface area contributed by atoms with Gasteiger partial charge < -0.3 is 15.2 Å². The van der Waals surface area contributed by atoms with Crippen LogP contribution in [0.2, 0.25) is 0 Å². The topological polar surface area (TPSA) is 105 Å². The van der Waals surface area contributed by atoms with Crippen LogP contribution in [0.3, 0.4) is 0 Å². The van der Waals surface area contributed by atoms with E-state index in [9.17, 15) is 14.4 Å². The van der Waals surface area contributed by atoms with Crippen molar-refractivity contribution in [3.05, 3.63) is 89.0 Å². The normalized spacial score (nSPS) is 12.9. The van der Waals surface area contributed by atoms with Crippen molar-refractivity contribution < 1.29 is 24.2 Å². The first-order chi connectivity index (χ1) is 16.9. The number of fused-ring (bicyclic) bond motifs is 3. The summed E-state index contributed by atoms with van der Waals surface area (Å²) in [6.45, 7) is 3.73. The Hall–Kier alpha value is -4.13. The van der Waals surface area contributed by atoms with Gasteiger partial charge in [-0.1, -0.05) is 61.5 Å².